The molecule has 0 aliphatic rings. The van der Waals surface area contributed by atoms with Crippen LogP contribution in [0.4, 0.5) is 10.6 Å². The first-order chi connectivity index (χ1) is 6.13. The summed E-state index contributed by atoms with van der Waals surface area (Å²) in [6, 6.07) is 1.65. The van der Waals surface area contributed by atoms with E-state index in [0.29, 0.717) is 10.8 Å². The highest BCUT2D eigenvalue weighted by atomic mass is 127. The van der Waals surface area contributed by atoms with Crippen LogP contribution < -0.4 is 5.32 Å². The van der Waals surface area contributed by atoms with E-state index in [1.54, 1.807) is 6.07 Å². The molecule has 13 heavy (non-hydrogen) atoms. The normalized spacial score (nSPS) is 9.46. The number of aromatic nitrogens is 1. The highest BCUT2D eigenvalue weighted by molar-refractivity contribution is 14.1. The topological polar surface area (TPSA) is 51.2 Å². The molecule has 70 valence electrons. The Bertz CT molecular complexity index is 332. The number of nitrogens with one attached hydrogen (secondary N) is 1. The van der Waals surface area contributed by atoms with E-state index in [1.807, 2.05) is 22.6 Å². The number of anilines is 1. The second kappa shape index (κ2) is 4.61. The van der Waals surface area contributed by atoms with Crippen LogP contribution >= 0.6 is 34.2 Å². The van der Waals surface area contributed by atoms with Gasteiger partial charge in [-0.15, -0.1) is 0 Å². The van der Waals surface area contributed by atoms with Crippen LogP contribution in [0.25, 0.3) is 0 Å². The fraction of sp³-hybridized carbons (Fsp3) is 0.143. The summed E-state index contributed by atoms with van der Waals surface area (Å²) in [7, 11) is 1.29. The van der Waals surface area contributed by atoms with E-state index >= 15 is 0 Å². The van der Waals surface area contributed by atoms with Crippen LogP contribution in [0.3, 0.4) is 0 Å². The summed E-state index contributed by atoms with van der Waals surface area (Å²) < 4.78 is 5.22. The zero-order valence-electron chi connectivity index (χ0n) is 6.67. The lowest BCUT2D eigenvalue weighted by Gasteiger charge is -2.03. The van der Waals surface area contributed by atoms with Crippen molar-refractivity contribution in [3.63, 3.8) is 0 Å². The summed E-state index contributed by atoms with van der Waals surface area (Å²) in [5.41, 5.74) is 0. The minimum absolute atomic E-state index is 0.417. The lowest BCUT2D eigenvalue weighted by molar-refractivity contribution is 0.187. The number of methoxy groups -OCH3 is 1. The predicted octanol–water partition coefficient (Wildman–Crippen LogP) is 2.52. The van der Waals surface area contributed by atoms with Crippen molar-refractivity contribution in [2.45, 2.75) is 0 Å². The summed E-state index contributed by atoms with van der Waals surface area (Å²) in [4.78, 5) is 14.6. The number of pyridine rings is 1. The third kappa shape index (κ3) is 3.00. The molecule has 1 aromatic rings. The van der Waals surface area contributed by atoms with Gasteiger partial charge in [0.15, 0.2) is 0 Å². The van der Waals surface area contributed by atoms with Crippen LogP contribution in [-0.4, -0.2) is 18.2 Å². The van der Waals surface area contributed by atoms with Crippen LogP contribution in [0.5, 0.6) is 0 Å². The van der Waals surface area contributed by atoms with Gasteiger partial charge in [-0.2, -0.15) is 0 Å². The Kier molecular flexibility index (Phi) is 3.73. The minimum atomic E-state index is -0.550. The van der Waals surface area contributed by atoms with Gasteiger partial charge >= 0.3 is 6.09 Å². The molecule has 0 radical (unpaired) electrons. The van der Waals surface area contributed by atoms with Gasteiger partial charge in [0.05, 0.1) is 12.1 Å². The molecule has 0 saturated carbocycles. The molecule has 1 amide bonds. The Morgan fingerprint density at radius 2 is 2.46 bits per heavy atom. The summed E-state index contributed by atoms with van der Waals surface area (Å²) in [5, 5.41) is 2.98. The van der Waals surface area contributed by atoms with Crippen molar-refractivity contribution in [2.24, 2.45) is 0 Å². The molecule has 0 fully saturated rings. The Morgan fingerprint density at radius 3 is 3.00 bits per heavy atom. The maximum Gasteiger partial charge on any atom is 0.412 e. The average Bonchev–Trinajstić information content (AvgIpc) is 2.11. The maximum absolute atomic E-state index is 10.8. The molecule has 0 aromatic carbocycles. The first-order valence-corrected chi connectivity index (χ1v) is 4.75. The van der Waals surface area contributed by atoms with E-state index in [-0.39, 0.29) is 0 Å². The number of carbonyl (C=O) groups excluding carboxylic acids is 1. The van der Waals surface area contributed by atoms with E-state index in [1.165, 1.54) is 13.3 Å². The van der Waals surface area contributed by atoms with Gasteiger partial charge in [-0.3, -0.25) is 5.32 Å². The van der Waals surface area contributed by atoms with Gasteiger partial charge in [0, 0.05) is 9.77 Å². The van der Waals surface area contributed by atoms with Crippen LogP contribution in [0, 0.1) is 3.57 Å². The number of nitrogens with zero attached hydrogens (tertiary/aromatic N) is 1. The molecular weight excluding hydrogens is 306 g/mol. The molecule has 1 heterocycles. The maximum atomic E-state index is 10.8. The highest BCUT2D eigenvalue weighted by Gasteiger charge is 2.03. The molecule has 4 nitrogen and oxygen atoms in total. The van der Waals surface area contributed by atoms with Gasteiger partial charge in [-0.25, -0.2) is 9.78 Å². The van der Waals surface area contributed by atoms with Crippen LogP contribution in [0.1, 0.15) is 0 Å². The third-order valence-electron chi connectivity index (χ3n) is 1.22. The molecule has 0 bridgehead atoms. The minimum Gasteiger partial charge on any atom is -0.453 e. The fourth-order valence-electron chi connectivity index (χ4n) is 0.638. The zero-order chi connectivity index (χ0) is 9.84. The zero-order valence-corrected chi connectivity index (χ0v) is 9.59. The first-order valence-electron chi connectivity index (χ1n) is 3.29. The molecule has 1 N–H and O–H groups in total. The highest BCUT2D eigenvalue weighted by Crippen LogP contribution is 2.19. The van der Waals surface area contributed by atoms with Gasteiger partial charge in [-0.1, -0.05) is 11.6 Å². The van der Waals surface area contributed by atoms with Crippen LogP contribution in [0.15, 0.2) is 12.3 Å². The van der Waals surface area contributed by atoms with Gasteiger partial charge in [0.1, 0.15) is 5.82 Å². The fourth-order valence-corrected chi connectivity index (χ4v) is 1.18. The first kappa shape index (κ1) is 10.5. The number of hydrogen-bond acceptors (Lipinski definition) is 3. The number of carbonyl (C=O) groups is 1. The van der Waals surface area contributed by atoms with Crippen molar-refractivity contribution in [2.75, 3.05) is 12.4 Å². The number of ether oxygens (including phenoxy) is 1. The number of amides is 1. The standard InChI is InChI=1S/C7H6ClIN2O2/c1-13-7(12)11-6-2-5(9)4(8)3-10-6/h2-3H,1H3,(H,10,11,12). The van der Waals surface area contributed by atoms with E-state index < -0.39 is 6.09 Å². The largest absolute Gasteiger partial charge is 0.453 e. The van der Waals surface area contributed by atoms with Crippen molar-refractivity contribution in [1.82, 2.24) is 4.98 Å². The van der Waals surface area contributed by atoms with Crippen molar-refractivity contribution < 1.29 is 9.53 Å². The number of rotatable bonds is 1. The van der Waals surface area contributed by atoms with Crippen LogP contribution in [0.2, 0.25) is 5.02 Å². The predicted molar refractivity (Wildman–Crippen MR) is 58.0 cm³/mol. The van der Waals surface area contributed by atoms with Gasteiger partial charge in [0.2, 0.25) is 0 Å². The van der Waals surface area contributed by atoms with Crippen molar-refractivity contribution in [3.05, 3.63) is 20.9 Å². The van der Waals surface area contributed by atoms with Crippen LogP contribution in [-0.2, 0) is 4.74 Å². The monoisotopic (exact) mass is 312 g/mol. The van der Waals surface area contributed by atoms with Gasteiger partial charge in [0.25, 0.3) is 0 Å². The van der Waals surface area contributed by atoms with E-state index in [4.69, 9.17) is 11.6 Å². The van der Waals surface area contributed by atoms with Crippen molar-refractivity contribution >= 4 is 46.1 Å². The van der Waals surface area contributed by atoms with Gasteiger partial charge < -0.3 is 4.74 Å². The smallest absolute Gasteiger partial charge is 0.412 e. The molecule has 0 aliphatic heterocycles. The summed E-state index contributed by atoms with van der Waals surface area (Å²) in [5.74, 6) is 0.417. The Balaban J connectivity index is 2.79. The number of hydrogen-bond donors (Lipinski definition) is 1. The Morgan fingerprint density at radius 1 is 1.77 bits per heavy atom. The lowest BCUT2D eigenvalue weighted by atomic mass is 10.5. The average molecular weight is 312 g/mol. The third-order valence-corrected chi connectivity index (χ3v) is 2.74. The Hall–Kier alpha value is -0.560. The molecule has 0 unspecified atom stereocenters. The molecule has 0 saturated heterocycles. The molecule has 6 heteroatoms. The molecule has 0 aliphatic carbocycles. The quantitative estimate of drug-likeness (QED) is 0.811. The molecule has 0 spiro atoms. The van der Waals surface area contributed by atoms with Gasteiger partial charge in [-0.05, 0) is 28.7 Å². The van der Waals surface area contributed by atoms with Crippen molar-refractivity contribution in [1.29, 1.82) is 0 Å². The second-order valence-corrected chi connectivity index (χ2v) is 3.67. The molecule has 1 rings (SSSR count). The Labute approximate surface area is 93.8 Å². The molecular formula is C7H6ClIN2O2. The van der Waals surface area contributed by atoms with E-state index in [0.717, 1.165) is 3.57 Å². The van der Waals surface area contributed by atoms with E-state index in [2.05, 4.69) is 15.0 Å². The molecule has 0 atom stereocenters. The summed E-state index contributed by atoms with van der Waals surface area (Å²) >= 11 is 7.78. The summed E-state index contributed by atoms with van der Waals surface area (Å²) in [6.45, 7) is 0. The van der Waals surface area contributed by atoms with E-state index in [9.17, 15) is 4.79 Å². The summed E-state index contributed by atoms with van der Waals surface area (Å²) in [6.07, 6.45) is 0.917. The molecule has 1 aromatic heterocycles. The SMILES string of the molecule is COC(=O)Nc1cc(I)c(Cl)cn1. The van der Waals surface area contributed by atoms with Crippen molar-refractivity contribution in [3.8, 4) is 0 Å². The lowest BCUT2D eigenvalue weighted by Crippen LogP contribution is -2.12. The number of halogens is 2. The second-order valence-electron chi connectivity index (χ2n) is 2.10.